The van der Waals surface area contributed by atoms with E-state index in [2.05, 4.69) is 86.2 Å². The highest BCUT2D eigenvalue weighted by Gasteiger charge is 2.60. The first-order valence-electron chi connectivity index (χ1n) is 39.1. The molecule has 0 aromatic rings. The number of hydrogen-bond donors (Lipinski definition) is 0. The largest absolute Gasteiger partial charge is 0.500 e. The Morgan fingerprint density at radius 1 is 0.223 bits per heavy atom. The third kappa shape index (κ3) is 43.5. The quantitative estimate of drug-likeness (QED) is 0.0310. The van der Waals surface area contributed by atoms with Gasteiger partial charge in [-0.25, -0.2) is 0 Å². The van der Waals surface area contributed by atoms with Crippen molar-refractivity contribution >= 4 is 129 Å². The summed E-state index contributed by atoms with van der Waals surface area (Å²) < 4.78 is 217. The fourth-order valence-corrected chi connectivity index (χ4v) is 82.8. The molecule has 0 saturated carbocycles. The van der Waals surface area contributed by atoms with Crippen LogP contribution in [0.4, 0.5) is 0 Å². The third-order valence-corrected chi connectivity index (χ3v) is 78.5. The highest BCUT2D eigenvalue weighted by molar-refractivity contribution is 6.95. The smallest absolute Gasteiger partial charge is 0.436 e. The minimum atomic E-state index is -3.93. The second kappa shape index (κ2) is 51.4. The first kappa shape index (κ1) is 108. The lowest BCUT2D eigenvalue weighted by molar-refractivity contribution is 0.113. The van der Waals surface area contributed by atoms with Crippen LogP contribution < -0.4 is 0 Å². The maximum Gasteiger partial charge on any atom is 0.500 e. The van der Waals surface area contributed by atoms with E-state index in [0.717, 1.165) is 39.6 Å². The van der Waals surface area contributed by atoms with E-state index in [9.17, 15) is 0 Å². The summed E-state index contributed by atoms with van der Waals surface area (Å²) in [6.07, 6.45) is 2.13. The molecule has 6 saturated heterocycles. The summed E-state index contributed by atoms with van der Waals surface area (Å²) in [5.74, 6) is 0. The molecule has 10 atom stereocenters. The van der Waals surface area contributed by atoms with E-state index in [-0.39, 0.29) is 30.4 Å². The second-order valence-corrected chi connectivity index (χ2v) is 83.0. The standard InChI is InChI=1S/C57H140O31Si15.3C2H4O/c1-58-90(19,20)81-91(21,22)82-92(23,36-30-33-74-49-55-52-77-55)83-93(24,37-31-34-75-50-56-53-78-56)84-94(25,38-32-35-76-51-57-54-79-57)85-96(27,41-46-101(65-8,66-9)67-10)87-98(29,43-48-103(71-14,72-15)73-16)88-97(28,42-47-102(68-11,69-12)70-13)86-95(26,40-45-100(62-5,63-6)64-7)80-89(17,18)39-44-99(59-2,60-3)61-4;3*1-2-3-1/h55-57H,30-54H2,1-29H3;3*1-2H2. The van der Waals surface area contributed by atoms with Gasteiger partial charge in [-0.3, -0.25) is 0 Å². The van der Waals surface area contributed by atoms with Gasteiger partial charge in [0.1, 0.15) is 18.3 Å². The van der Waals surface area contributed by atoms with Crippen LogP contribution in [0.1, 0.15) is 19.3 Å². The van der Waals surface area contributed by atoms with Gasteiger partial charge in [-0.05, 0) is 153 Å². The van der Waals surface area contributed by atoms with Crippen LogP contribution in [-0.4, -0.2) is 361 Å². The predicted molar refractivity (Wildman–Crippen MR) is 455 cm³/mol. The van der Waals surface area contributed by atoms with E-state index in [1.165, 1.54) is 0 Å². The molecule has 0 aromatic carbocycles. The van der Waals surface area contributed by atoms with E-state index >= 15 is 0 Å². The molecular weight excluding hydrogens is 1720 g/mol. The van der Waals surface area contributed by atoms with Crippen LogP contribution in [0.15, 0.2) is 0 Å². The molecule has 112 heavy (non-hydrogen) atoms. The molecule has 6 aliphatic heterocycles. The zero-order chi connectivity index (χ0) is 84.2. The lowest BCUT2D eigenvalue weighted by Crippen LogP contribution is -2.66. The van der Waals surface area contributed by atoms with Crippen molar-refractivity contribution in [3.05, 3.63) is 0 Å². The van der Waals surface area contributed by atoms with Crippen LogP contribution in [0, 0.1) is 0 Å². The second-order valence-electron chi connectivity index (χ2n) is 30.8. The Hall–Kier alpha value is 1.89. The van der Waals surface area contributed by atoms with Crippen molar-refractivity contribution in [3.8, 4) is 0 Å². The summed E-state index contributed by atoms with van der Waals surface area (Å²) in [5, 5.41) is 0. The van der Waals surface area contributed by atoms with E-state index < -0.39 is 129 Å². The monoisotopic (exact) mass is 1870 g/mol. The van der Waals surface area contributed by atoms with Crippen LogP contribution in [0.25, 0.3) is 0 Å². The summed E-state index contributed by atoms with van der Waals surface area (Å²) >= 11 is 0. The first-order chi connectivity index (χ1) is 52.6. The molecule has 0 aromatic heterocycles. The molecule has 6 fully saturated rings. The Balaban J connectivity index is 0.00000335. The number of rotatable bonds is 67. The van der Waals surface area contributed by atoms with Crippen molar-refractivity contribution in [3.63, 3.8) is 0 Å². The van der Waals surface area contributed by atoms with Crippen molar-refractivity contribution in [1.82, 2.24) is 0 Å². The molecule has 10 unspecified atom stereocenters. The Labute approximate surface area is 689 Å². The summed E-state index contributed by atoms with van der Waals surface area (Å²) in [6.45, 7) is 38.1. The zero-order valence-electron chi connectivity index (χ0n) is 74.0. The first-order valence-corrected chi connectivity index (χ1v) is 75.1. The highest BCUT2D eigenvalue weighted by Crippen LogP contribution is 2.43. The summed E-state index contributed by atoms with van der Waals surface area (Å²) in [5.41, 5.74) is 0. The van der Waals surface area contributed by atoms with Gasteiger partial charge in [0, 0.05) is 164 Å². The van der Waals surface area contributed by atoms with Crippen LogP contribution in [0.3, 0.4) is 0 Å². The van der Waals surface area contributed by atoms with Crippen LogP contribution >= 0.6 is 0 Å². The molecule has 6 heterocycles. The molecule has 49 heteroatoms. The topological polar surface area (TPSA) is 334 Å². The summed E-state index contributed by atoms with van der Waals surface area (Å²) in [7, 11) is -25.0. The lowest BCUT2D eigenvalue weighted by Gasteiger charge is -2.49. The van der Waals surface area contributed by atoms with Crippen molar-refractivity contribution < 1.29 is 150 Å². The molecule has 0 aliphatic carbocycles. The maximum atomic E-state index is 8.23. The van der Waals surface area contributed by atoms with Crippen LogP contribution in [0.5, 0.6) is 0 Å². The van der Waals surface area contributed by atoms with Gasteiger partial charge in [-0.2, -0.15) is 0 Å². The Morgan fingerprint density at radius 3 is 0.616 bits per heavy atom. The molecule has 0 N–H and O–H groups in total. The molecule has 0 spiro atoms. The fraction of sp³-hybridized carbons (Fsp3) is 1.00. The molecule has 668 valence electrons. The predicted octanol–water partition coefficient (Wildman–Crippen LogP) is 9.75. The van der Waals surface area contributed by atoms with Gasteiger partial charge in [0.05, 0.1) is 79.3 Å². The van der Waals surface area contributed by atoms with Crippen LogP contribution in [0.2, 0.25) is 164 Å². The molecule has 6 rings (SSSR count). The van der Waals surface area contributed by atoms with Crippen molar-refractivity contribution in [2.45, 2.75) is 201 Å². The average Bonchev–Trinajstić information content (AvgIpc) is 1.02. The molecule has 0 radical (unpaired) electrons. The molecule has 34 nitrogen and oxygen atoms in total. The Bertz CT molecular complexity index is 2440. The zero-order valence-corrected chi connectivity index (χ0v) is 89.0. The van der Waals surface area contributed by atoms with E-state index in [1.54, 1.807) is 114 Å². The minimum absolute atomic E-state index is 0.0645. The van der Waals surface area contributed by atoms with Crippen molar-refractivity contribution in [2.75, 3.05) is 213 Å². The average molecular weight is 1880 g/mol. The number of epoxide rings is 6. The summed E-state index contributed by atoms with van der Waals surface area (Å²) in [6, 6.07) is 5.21. The molecule has 0 amide bonds. The lowest BCUT2D eigenvalue weighted by atomic mass is 10.5. The van der Waals surface area contributed by atoms with Crippen molar-refractivity contribution in [1.29, 1.82) is 0 Å². The number of hydrogen-bond acceptors (Lipinski definition) is 34. The molecule has 0 bridgehead atoms. The van der Waals surface area contributed by atoms with Gasteiger partial charge in [-0.1, -0.05) is 0 Å². The van der Waals surface area contributed by atoms with Gasteiger partial charge >= 0.3 is 121 Å². The Kier molecular flexibility index (Phi) is 49.6. The van der Waals surface area contributed by atoms with E-state index in [0.29, 0.717) is 145 Å². The third-order valence-electron chi connectivity index (χ3n) is 19.3. The van der Waals surface area contributed by atoms with E-state index in [4.69, 9.17) is 136 Å². The Morgan fingerprint density at radius 2 is 0.420 bits per heavy atom. The fourth-order valence-electron chi connectivity index (χ4n) is 12.8. The van der Waals surface area contributed by atoms with Gasteiger partial charge in [0.2, 0.25) is 0 Å². The molecule has 6 aliphatic rings. The number of ether oxygens (including phenoxy) is 9. The normalized spacial score (nSPS) is 21.7. The minimum Gasteiger partial charge on any atom is -0.436 e. The van der Waals surface area contributed by atoms with Gasteiger partial charge in [0.25, 0.3) is 0 Å². The van der Waals surface area contributed by atoms with Gasteiger partial charge < -0.3 is 150 Å². The van der Waals surface area contributed by atoms with Crippen molar-refractivity contribution in [2.24, 2.45) is 0 Å². The maximum absolute atomic E-state index is 8.23. The van der Waals surface area contributed by atoms with Gasteiger partial charge in [0.15, 0.2) is 8.32 Å². The van der Waals surface area contributed by atoms with E-state index in [1.807, 2.05) is 13.1 Å². The summed E-state index contributed by atoms with van der Waals surface area (Å²) in [4.78, 5) is 0. The van der Waals surface area contributed by atoms with Crippen LogP contribution in [-0.2, 0) is 150 Å². The SMILES string of the molecule is C1CO1.C1CO1.C1CO1.CO[Si](C)(C)O[Si](C)(C)O[Si](C)(CCCOCC1CO1)O[Si](C)(CCCOCC1CO1)O[Si](C)(CCCOCC1CO1)O[Si](C)(CC[Si](OC)(OC)OC)O[Si](C)(CC[Si](OC)(OC)OC)O[Si](C)(CC[Si](OC)(OC)OC)O[Si](C)(CC[Si](OC)(OC)OC)O[Si](C)(C)CC[Si](OC)(OC)OC. The molecular formula is C63H152O34Si15. The highest BCUT2D eigenvalue weighted by atomic mass is 28.5. The van der Waals surface area contributed by atoms with Gasteiger partial charge in [-0.15, -0.1) is 0 Å².